The number of halogens is 1. The largest absolute Gasteiger partial charge is 0.386 e. The zero-order chi connectivity index (χ0) is 10.9. The van der Waals surface area contributed by atoms with Crippen molar-refractivity contribution in [3.63, 3.8) is 0 Å². The molecule has 0 bridgehead atoms. The van der Waals surface area contributed by atoms with E-state index in [1.807, 2.05) is 0 Å². The molecule has 0 spiro atoms. The third-order valence-electron chi connectivity index (χ3n) is 2.03. The predicted octanol–water partition coefficient (Wildman–Crippen LogP) is 1.98. The van der Waals surface area contributed by atoms with Gasteiger partial charge in [0.2, 0.25) is 0 Å². The van der Waals surface area contributed by atoms with E-state index in [9.17, 15) is 13.5 Å². The quantitative estimate of drug-likeness (QED) is 0.928. The lowest BCUT2D eigenvalue weighted by Gasteiger charge is -2.16. The minimum absolute atomic E-state index is 0.655. The van der Waals surface area contributed by atoms with Crippen LogP contribution in [0.1, 0.15) is 17.9 Å². The van der Waals surface area contributed by atoms with Crippen molar-refractivity contribution < 1.29 is 13.5 Å². The van der Waals surface area contributed by atoms with E-state index < -0.39 is 21.2 Å². The van der Waals surface area contributed by atoms with Crippen LogP contribution in [-0.4, -0.2) is 25.0 Å². The molecule has 0 aliphatic rings. The molecule has 1 rings (SSSR count). The smallest absolute Gasteiger partial charge is 0.152 e. The highest BCUT2D eigenvalue weighted by Gasteiger charge is 2.27. The second-order valence-corrected chi connectivity index (χ2v) is 7.32. The van der Waals surface area contributed by atoms with Crippen molar-refractivity contribution in [3.8, 4) is 0 Å². The molecule has 0 radical (unpaired) electrons. The lowest BCUT2D eigenvalue weighted by atomic mass is 10.2. The molecule has 1 heterocycles. The van der Waals surface area contributed by atoms with Gasteiger partial charge in [0.15, 0.2) is 9.84 Å². The third-order valence-corrected chi connectivity index (χ3v) is 5.58. The maximum Gasteiger partial charge on any atom is 0.152 e. The average Bonchev–Trinajstić information content (AvgIpc) is 2.47. The Labute approximate surface area is 95.8 Å². The Hall–Kier alpha value is 0.0900. The summed E-state index contributed by atoms with van der Waals surface area (Å²) in [5.74, 6) is 0. The first kappa shape index (κ1) is 12.2. The van der Waals surface area contributed by atoms with E-state index in [0.717, 1.165) is 10.7 Å². The number of aliphatic hydroxyl groups excluding tert-OH is 1. The van der Waals surface area contributed by atoms with Gasteiger partial charge < -0.3 is 5.11 Å². The van der Waals surface area contributed by atoms with Crippen LogP contribution in [0.3, 0.4) is 0 Å². The predicted molar refractivity (Wildman–Crippen MR) is 61.3 cm³/mol. The summed E-state index contributed by atoms with van der Waals surface area (Å²) in [7, 11) is -3.21. The van der Waals surface area contributed by atoms with Crippen LogP contribution < -0.4 is 0 Å². The Kier molecular flexibility index (Phi) is 3.74. The van der Waals surface area contributed by atoms with E-state index in [1.54, 1.807) is 11.4 Å². The molecule has 1 aromatic heterocycles. The molecule has 0 fully saturated rings. The highest BCUT2D eigenvalue weighted by molar-refractivity contribution is 9.10. The Morgan fingerprint density at radius 1 is 1.57 bits per heavy atom. The van der Waals surface area contributed by atoms with E-state index >= 15 is 0 Å². The highest BCUT2D eigenvalue weighted by atomic mass is 79.9. The van der Waals surface area contributed by atoms with Crippen LogP contribution in [-0.2, 0) is 9.84 Å². The van der Waals surface area contributed by atoms with E-state index in [1.165, 1.54) is 18.3 Å². The SMILES string of the molecule is CC(C(O)c1sccc1Br)S(C)(=O)=O. The fraction of sp³-hybridized carbons (Fsp3) is 0.500. The highest BCUT2D eigenvalue weighted by Crippen LogP contribution is 2.32. The van der Waals surface area contributed by atoms with Gasteiger partial charge in [0.05, 0.1) is 5.25 Å². The molecule has 80 valence electrons. The van der Waals surface area contributed by atoms with Crippen molar-refractivity contribution in [3.05, 3.63) is 20.8 Å². The zero-order valence-corrected chi connectivity index (χ0v) is 11.0. The summed E-state index contributed by atoms with van der Waals surface area (Å²) in [6.45, 7) is 1.51. The molecule has 0 aliphatic carbocycles. The van der Waals surface area contributed by atoms with Crippen molar-refractivity contribution in [1.82, 2.24) is 0 Å². The fourth-order valence-electron chi connectivity index (χ4n) is 0.964. The minimum Gasteiger partial charge on any atom is -0.386 e. The number of hydrogen-bond acceptors (Lipinski definition) is 4. The van der Waals surface area contributed by atoms with Gasteiger partial charge in [-0.05, 0) is 34.3 Å². The van der Waals surface area contributed by atoms with Gasteiger partial charge in [-0.15, -0.1) is 11.3 Å². The molecule has 1 aromatic rings. The van der Waals surface area contributed by atoms with Crippen molar-refractivity contribution in [2.45, 2.75) is 18.3 Å². The number of thiophene rings is 1. The maximum atomic E-state index is 11.2. The van der Waals surface area contributed by atoms with Crippen LogP contribution >= 0.6 is 27.3 Å². The molecule has 0 aromatic carbocycles. The molecular formula is C8H11BrO3S2. The molecule has 1 N–H and O–H groups in total. The standard InChI is InChI=1S/C8H11BrO3S2/c1-5(14(2,11)12)7(10)8-6(9)3-4-13-8/h3-5,7,10H,1-2H3. The molecule has 0 amide bonds. The van der Waals surface area contributed by atoms with Crippen molar-refractivity contribution in [2.75, 3.05) is 6.26 Å². The topological polar surface area (TPSA) is 54.4 Å². The number of rotatable bonds is 3. The third kappa shape index (κ3) is 2.56. The molecule has 0 aliphatic heterocycles. The maximum absolute atomic E-state index is 11.2. The fourth-order valence-corrected chi connectivity index (χ4v) is 3.35. The molecule has 2 unspecified atom stereocenters. The van der Waals surface area contributed by atoms with Gasteiger partial charge in [-0.1, -0.05) is 0 Å². The number of hydrogen-bond donors (Lipinski definition) is 1. The van der Waals surface area contributed by atoms with Gasteiger partial charge in [-0.25, -0.2) is 8.42 Å². The van der Waals surface area contributed by atoms with Crippen molar-refractivity contribution in [2.24, 2.45) is 0 Å². The average molecular weight is 299 g/mol. The van der Waals surface area contributed by atoms with Crippen molar-refractivity contribution in [1.29, 1.82) is 0 Å². The first-order valence-electron chi connectivity index (χ1n) is 3.94. The lowest BCUT2D eigenvalue weighted by molar-refractivity contribution is 0.179. The number of aliphatic hydroxyl groups is 1. The normalized spacial score (nSPS) is 16.6. The van der Waals surface area contributed by atoms with Crippen LogP contribution in [0, 0.1) is 0 Å². The van der Waals surface area contributed by atoms with Crippen LogP contribution in [0.5, 0.6) is 0 Å². The summed E-state index contributed by atoms with van der Waals surface area (Å²) in [6.07, 6.45) is 0.168. The summed E-state index contributed by atoms with van der Waals surface area (Å²) in [5.41, 5.74) is 0. The molecule has 0 saturated carbocycles. The van der Waals surface area contributed by atoms with Crippen LogP contribution in [0.2, 0.25) is 0 Å². The lowest BCUT2D eigenvalue weighted by Crippen LogP contribution is -2.23. The van der Waals surface area contributed by atoms with E-state index in [2.05, 4.69) is 15.9 Å². The van der Waals surface area contributed by atoms with Crippen LogP contribution in [0.15, 0.2) is 15.9 Å². The molecule has 0 saturated heterocycles. The first-order valence-corrected chi connectivity index (χ1v) is 7.56. The Morgan fingerprint density at radius 2 is 2.14 bits per heavy atom. The van der Waals surface area contributed by atoms with Gasteiger partial charge in [0.25, 0.3) is 0 Å². The molecule has 3 nitrogen and oxygen atoms in total. The van der Waals surface area contributed by atoms with E-state index in [-0.39, 0.29) is 0 Å². The van der Waals surface area contributed by atoms with Gasteiger partial charge >= 0.3 is 0 Å². The van der Waals surface area contributed by atoms with Crippen molar-refractivity contribution >= 4 is 37.1 Å². The van der Waals surface area contributed by atoms with Crippen LogP contribution in [0.25, 0.3) is 0 Å². The molecule has 14 heavy (non-hydrogen) atoms. The van der Waals surface area contributed by atoms with Crippen LogP contribution in [0.4, 0.5) is 0 Å². The Morgan fingerprint density at radius 3 is 2.50 bits per heavy atom. The second-order valence-electron chi connectivity index (χ2n) is 3.11. The van der Waals surface area contributed by atoms with E-state index in [4.69, 9.17) is 0 Å². The monoisotopic (exact) mass is 298 g/mol. The van der Waals surface area contributed by atoms with Gasteiger partial charge in [0.1, 0.15) is 6.10 Å². The van der Waals surface area contributed by atoms with Gasteiger partial charge in [-0.3, -0.25) is 0 Å². The minimum atomic E-state index is -3.21. The summed E-state index contributed by atoms with van der Waals surface area (Å²) in [5, 5.41) is 10.8. The summed E-state index contributed by atoms with van der Waals surface area (Å²) >= 11 is 4.60. The molecular weight excluding hydrogens is 288 g/mol. The molecule has 6 heteroatoms. The van der Waals surface area contributed by atoms with Gasteiger partial charge in [-0.2, -0.15) is 0 Å². The Balaban J connectivity index is 2.97. The zero-order valence-electron chi connectivity index (χ0n) is 7.77. The second kappa shape index (κ2) is 4.30. The summed E-state index contributed by atoms with van der Waals surface area (Å²) < 4.78 is 23.2. The van der Waals surface area contributed by atoms with Gasteiger partial charge in [0, 0.05) is 15.6 Å². The number of sulfone groups is 1. The first-order chi connectivity index (χ1) is 6.34. The molecule has 2 atom stereocenters. The Bertz CT molecular complexity index is 410. The summed E-state index contributed by atoms with van der Waals surface area (Å²) in [6, 6.07) is 1.79. The van der Waals surface area contributed by atoms with E-state index in [0.29, 0.717) is 4.88 Å². The summed E-state index contributed by atoms with van der Waals surface area (Å²) in [4.78, 5) is 0.655.